The Balaban J connectivity index is 1.64. The zero-order valence-electron chi connectivity index (χ0n) is 15.3. The molecular weight excluding hydrogens is 292 g/mol. The normalized spacial score (nSPS) is 45.6. The molecule has 0 aromatic rings. The quantitative estimate of drug-likeness (QED) is 0.577. The molecule has 0 N–H and O–H groups in total. The van der Waals surface area contributed by atoms with Gasteiger partial charge in [-0.1, -0.05) is 37.6 Å². The summed E-state index contributed by atoms with van der Waals surface area (Å²) in [6.45, 7) is 4.50. The van der Waals surface area contributed by atoms with Gasteiger partial charge in [-0.05, 0) is 80.3 Å². The van der Waals surface area contributed by atoms with Crippen molar-refractivity contribution in [1.29, 1.82) is 0 Å². The van der Waals surface area contributed by atoms with Gasteiger partial charge in [0.2, 0.25) is 0 Å². The molecular formula is C23H30O. The minimum Gasteiger partial charge on any atom is -0.299 e. The highest BCUT2D eigenvalue weighted by molar-refractivity contribution is 5.89. The molecule has 5 aliphatic carbocycles. The van der Waals surface area contributed by atoms with E-state index in [1.807, 2.05) is 0 Å². The molecule has 0 spiro atoms. The van der Waals surface area contributed by atoms with Crippen LogP contribution in [0.2, 0.25) is 0 Å². The lowest BCUT2D eigenvalue weighted by molar-refractivity contribution is -0.132. The molecule has 1 saturated carbocycles. The van der Waals surface area contributed by atoms with Crippen LogP contribution in [0.15, 0.2) is 34.9 Å². The minimum atomic E-state index is -0.162. The second kappa shape index (κ2) is 4.74. The summed E-state index contributed by atoms with van der Waals surface area (Å²) in [6, 6.07) is 0. The molecule has 0 radical (unpaired) electrons. The molecule has 4 atom stereocenters. The maximum absolute atomic E-state index is 13.0. The molecule has 0 heterocycles. The van der Waals surface area contributed by atoms with Gasteiger partial charge in [0, 0.05) is 11.8 Å². The Morgan fingerprint density at radius 3 is 2.75 bits per heavy atom. The molecule has 1 nitrogen and oxygen atoms in total. The van der Waals surface area contributed by atoms with Gasteiger partial charge in [-0.3, -0.25) is 4.79 Å². The number of hydrogen-bond acceptors (Lipinski definition) is 1. The number of fused-ring (bicyclic) bond motifs is 2. The number of hydrogen-bond donors (Lipinski definition) is 0. The maximum Gasteiger partial charge on any atom is 0.143 e. The molecule has 0 saturated heterocycles. The van der Waals surface area contributed by atoms with Crippen molar-refractivity contribution in [1.82, 2.24) is 0 Å². The predicted molar refractivity (Wildman–Crippen MR) is 97.6 cm³/mol. The first kappa shape index (κ1) is 15.2. The van der Waals surface area contributed by atoms with Crippen molar-refractivity contribution in [2.24, 2.45) is 22.2 Å². The third kappa shape index (κ3) is 1.47. The van der Waals surface area contributed by atoms with Crippen molar-refractivity contribution in [2.75, 3.05) is 0 Å². The van der Waals surface area contributed by atoms with Gasteiger partial charge in [-0.25, -0.2) is 0 Å². The van der Waals surface area contributed by atoms with E-state index in [4.69, 9.17) is 0 Å². The standard InChI is InChI=1S/C23H30O/c1-3-20(24)23-14-12-22(13-15-23)19-9-8-16-6-4-5-7-17(16)18(19)10-11-21(22,23)2/h10,12,14,19H,3-9,11,13,15H2,1-2H3/t19-,21+,22?,23-/m1/s1. The molecule has 0 aromatic carbocycles. The highest BCUT2D eigenvalue weighted by atomic mass is 16.1. The average molecular weight is 322 g/mol. The Kier molecular flexibility index (Phi) is 3.00. The van der Waals surface area contributed by atoms with E-state index in [0.717, 1.165) is 12.8 Å². The fourth-order valence-electron chi connectivity index (χ4n) is 7.49. The van der Waals surface area contributed by atoms with Gasteiger partial charge < -0.3 is 0 Å². The summed E-state index contributed by atoms with van der Waals surface area (Å²) < 4.78 is 0. The second-order valence-electron chi connectivity index (χ2n) is 9.20. The van der Waals surface area contributed by atoms with Gasteiger partial charge in [0.15, 0.2) is 0 Å². The van der Waals surface area contributed by atoms with Crippen molar-refractivity contribution in [3.8, 4) is 0 Å². The van der Waals surface area contributed by atoms with Gasteiger partial charge in [0.1, 0.15) is 5.78 Å². The van der Waals surface area contributed by atoms with Crippen LogP contribution in [0.1, 0.15) is 78.1 Å². The van der Waals surface area contributed by atoms with E-state index in [-0.39, 0.29) is 16.2 Å². The Labute approximate surface area is 146 Å². The largest absolute Gasteiger partial charge is 0.299 e. The number of allylic oxidation sites excluding steroid dienone is 6. The first-order valence-corrected chi connectivity index (χ1v) is 10.2. The Morgan fingerprint density at radius 2 is 2.00 bits per heavy atom. The lowest BCUT2D eigenvalue weighted by Crippen LogP contribution is -2.49. The third-order valence-electron chi connectivity index (χ3n) is 8.82. The van der Waals surface area contributed by atoms with Crippen LogP contribution in [0.4, 0.5) is 0 Å². The van der Waals surface area contributed by atoms with Crippen LogP contribution in [-0.2, 0) is 4.79 Å². The highest BCUT2D eigenvalue weighted by Gasteiger charge is 2.71. The smallest absolute Gasteiger partial charge is 0.143 e. The molecule has 2 bridgehead atoms. The fourth-order valence-corrected chi connectivity index (χ4v) is 7.49. The summed E-state index contributed by atoms with van der Waals surface area (Å²) >= 11 is 0. The molecule has 0 aromatic heterocycles. The van der Waals surface area contributed by atoms with Crippen LogP contribution in [-0.4, -0.2) is 5.78 Å². The van der Waals surface area contributed by atoms with Crippen LogP contribution >= 0.6 is 0 Å². The van der Waals surface area contributed by atoms with E-state index in [9.17, 15) is 4.79 Å². The Bertz CT molecular complexity index is 708. The van der Waals surface area contributed by atoms with Gasteiger partial charge in [0.05, 0.1) is 5.41 Å². The van der Waals surface area contributed by atoms with Crippen molar-refractivity contribution in [3.05, 3.63) is 34.9 Å². The number of carbonyl (C=O) groups is 1. The lowest BCUT2D eigenvalue weighted by Gasteiger charge is -2.54. The fraction of sp³-hybridized carbons (Fsp3) is 0.696. The van der Waals surface area contributed by atoms with E-state index >= 15 is 0 Å². The van der Waals surface area contributed by atoms with Crippen molar-refractivity contribution in [3.63, 3.8) is 0 Å². The summed E-state index contributed by atoms with van der Waals surface area (Å²) in [5.74, 6) is 1.17. The van der Waals surface area contributed by atoms with E-state index in [0.29, 0.717) is 18.1 Å². The monoisotopic (exact) mass is 322 g/mol. The van der Waals surface area contributed by atoms with E-state index in [2.05, 4.69) is 32.1 Å². The molecule has 128 valence electrons. The van der Waals surface area contributed by atoms with Crippen LogP contribution in [0.5, 0.6) is 0 Å². The summed E-state index contributed by atoms with van der Waals surface area (Å²) in [6.07, 6.45) is 19.7. The van der Waals surface area contributed by atoms with Gasteiger partial charge in [-0.2, -0.15) is 0 Å². The van der Waals surface area contributed by atoms with Crippen molar-refractivity contribution in [2.45, 2.75) is 78.1 Å². The van der Waals surface area contributed by atoms with E-state index in [1.54, 1.807) is 16.7 Å². The van der Waals surface area contributed by atoms with Crippen LogP contribution in [0.3, 0.4) is 0 Å². The number of ketones is 1. The summed E-state index contributed by atoms with van der Waals surface area (Å²) in [5.41, 5.74) is 5.46. The third-order valence-corrected chi connectivity index (χ3v) is 8.82. The van der Waals surface area contributed by atoms with Gasteiger partial charge >= 0.3 is 0 Å². The number of Topliss-reactive ketones (excluding diaryl/α,β-unsaturated/α-hetero) is 1. The SMILES string of the molecule is CCC(=O)[C@@]12C=CC3(CC1)[C@@H]1CCC4=C(CCCC4)C1=CC[C@@]32C. The van der Waals surface area contributed by atoms with Crippen LogP contribution in [0, 0.1) is 22.2 Å². The summed E-state index contributed by atoms with van der Waals surface area (Å²) in [4.78, 5) is 13.0. The molecule has 1 fully saturated rings. The van der Waals surface area contributed by atoms with Crippen LogP contribution < -0.4 is 0 Å². The molecule has 5 aliphatic rings. The highest BCUT2D eigenvalue weighted by Crippen LogP contribution is 2.77. The minimum absolute atomic E-state index is 0.133. The molecule has 5 rings (SSSR count). The zero-order chi connectivity index (χ0) is 16.6. The number of carbonyl (C=O) groups excluding carboxylic acids is 1. The average Bonchev–Trinajstić information content (AvgIpc) is 3.05. The summed E-state index contributed by atoms with van der Waals surface area (Å²) in [5, 5.41) is 0. The molecule has 1 heteroatoms. The van der Waals surface area contributed by atoms with Gasteiger partial charge in [-0.15, -0.1) is 0 Å². The van der Waals surface area contributed by atoms with Crippen molar-refractivity contribution >= 4 is 5.78 Å². The second-order valence-corrected chi connectivity index (χ2v) is 9.20. The first-order valence-electron chi connectivity index (χ1n) is 10.2. The molecule has 1 unspecified atom stereocenters. The molecule has 24 heavy (non-hydrogen) atoms. The van der Waals surface area contributed by atoms with Gasteiger partial charge in [0.25, 0.3) is 0 Å². The van der Waals surface area contributed by atoms with Crippen LogP contribution in [0.25, 0.3) is 0 Å². The maximum atomic E-state index is 13.0. The lowest BCUT2D eigenvalue weighted by atomic mass is 9.49. The van der Waals surface area contributed by atoms with Crippen molar-refractivity contribution < 1.29 is 4.79 Å². The Morgan fingerprint density at radius 1 is 1.17 bits per heavy atom. The van der Waals surface area contributed by atoms with E-state index < -0.39 is 0 Å². The predicted octanol–water partition coefficient (Wildman–Crippen LogP) is 5.92. The summed E-state index contributed by atoms with van der Waals surface area (Å²) in [7, 11) is 0. The Hall–Kier alpha value is -1.11. The first-order chi connectivity index (χ1) is 11.6. The molecule has 0 aliphatic heterocycles. The topological polar surface area (TPSA) is 17.1 Å². The van der Waals surface area contributed by atoms with E-state index in [1.165, 1.54) is 44.9 Å². The number of rotatable bonds is 2. The molecule has 0 amide bonds. The zero-order valence-corrected chi connectivity index (χ0v) is 15.3.